The summed E-state index contributed by atoms with van der Waals surface area (Å²) in [7, 11) is 0. The molecule has 5 nitrogen and oxygen atoms in total. The molecule has 6 heteroatoms. The Kier molecular flexibility index (Phi) is 4.17. The molecule has 1 aliphatic carbocycles. The second-order valence-corrected chi connectivity index (χ2v) is 9.21. The van der Waals surface area contributed by atoms with Gasteiger partial charge in [0.2, 0.25) is 0 Å². The average molecular weight is 337 g/mol. The molecule has 1 aromatic rings. The van der Waals surface area contributed by atoms with Crippen LogP contribution in [0.15, 0.2) is 0 Å². The van der Waals surface area contributed by atoms with Crippen LogP contribution in [-0.4, -0.2) is 40.7 Å². The summed E-state index contributed by atoms with van der Waals surface area (Å²) in [5.74, 6) is 1.12. The van der Waals surface area contributed by atoms with Gasteiger partial charge in [0.15, 0.2) is 0 Å². The van der Waals surface area contributed by atoms with Crippen molar-refractivity contribution < 1.29 is 9.53 Å². The van der Waals surface area contributed by atoms with E-state index >= 15 is 0 Å². The van der Waals surface area contributed by atoms with E-state index in [0.29, 0.717) is 17.9 Å². The molecule has 2 fully saturated rings. The molecule has 128 valence electrons. The smallest absolute Gasteiger partial charge is 0.410 e. The third kappa shape index (κ3) is 3.53. The number of nitrogens with zero attached hydrogens (tertiary/aromatic N) is 2. The Bertz CT molecular complexity index is 595. The fourth-order valence-electron chi connectivity index (χ4n) is 3.56. The lowest BCUT2D eigenvalue weighted by Gasteiger charge is -2.26. The zero-order chi connectivity index (χ0) is 16.9. The number of aromatic nitrogens is 1. The van der Waals surface area contributed by atoms with E-state index in [4.69, 9.17) is 4.74 Å². The summed E-state index contributed by atoms with van der Waals surface area (Å²) in [6, 6.07) is 0.774. The molecule has 2 aliphatic rings. The Morgan fingerprint density at radius 1 is 1.35 bits per heavy atom. The number of thiazole rings is 1. The fourth-order valence-corrected chi connectivity index (χ4v) is 4.48. The molecule has 1 aromatic heterocycles. The van der Waals surface area contributed by atoms with Gasteiger partial charge in [-0.3, -0.25) is 0 Å². The summed E-state index contributed by atoms with van der Waals surface area (Å²) in [5, 5.41) is 4.82. The van der Waals surface area contributed by atoms with Crippen LogP contribution in [0.2, 0.25) is 0 Å². The zero-order valence-electron chi connectivity index (χ0n) is 14.8. The molecule has 0 radical (unpaired) electrons. The number of hydrogen-bond acceptors (Lipinski definition) is 5. The van der Waals surface area contributed by atoms with Gasteiger partial charge in [-0.25, -0.2) is 9.78 Å². The van der Waals surface area contributed by atoms with Crippen molar-refractivity contribution in [2.24, 2.45) is 11.8 Å². The maximum Gasteiger partial charge on any atom is 0.410 e. The van der Waals surface area contributed by atoms with Gasteiger partial charge in [0.05, 0.1) is 10.7 Å². The number of carbonyl (C=O) groups excluding carboxylic acids is 1. The highest BCUT2D eigenvalue weighted by atomic mass is 32.1. The molecule has 3 rings (SSSR count). The minimum absolute atomic E-state index is 0.178. The number of amides is 1. The highest BCUT2D eigenvalue weighted by molar-refractivity contribution is 7.11. The van der Waals surface area contributed by atoms with Crippen molar-refractivity contribution in [3.05, 3.63) is 15.6 Å². The van der Waals surface area contributed by atoms with Crippen LogP contribution >= 0.6 is 11.3 Å². The molecule has 3 atom stereocenters. The highest BCUT2D eigenvalue weighted by Crippen LogP contribution is 2.46. The van der Waals surface area contributed by atoms with E-state index in [1.54, 1.807) is 11.3 Å². The van der Waals surface area contributed by atoms with Gasteiger partial charge in [0, 0.05) is 30.1 Å². The summed E-state index contributed by atoms with van der Waals surface area (Å²) in [6.07, 6.45) is -0.178. The Morgan fingerprint density at radius 2 is 1.96 bits per heavy atom. The van der Waals surface area contributed by atoms with E-state index in [1.165, 1.54) is 10.6 Å². The number of likely N-dealkylation sites (tertiary alicyclic amines) is 1. The maximum absolute atomic E-state index is 12.1. The Balaban J connectivity index is 1.51. The van der Waals surface area contributed by atoms with E-state index in [2.05, 4.69) is 31.1 Å². The van der Waals surface area contributed by atoms with E-state index in [0.717, 1.165) is 18.1 Å². The van der Waals surface area contributed by atoms with Crippen molar-refractivity contribution in [2.45, 2.75) is 59.2 Å². The van der Waals surface area contributed by atoms with Crippen molar-refractivity contribution in [3.63, 3.8) is 0 Å². The number of hydrogen-bond donors (Lipinski definition) is 1. The van der Waals surface area contributed by atoms with E-state index in [1.807, 2.05) is 25.7 Å². The Morgan fingerprint density at radius 3 is 2.43 bits per heavy atom. The molecule has 0 bridgehead atoms. The third-order valence-corrected chi connectivity index (χ3v) is 5.54. The first-order valence-electron chi connectivity index (χ1n) is 8.33. The van der Waals surface area contributed by atoms with Crippen LogP contribution in [-0.2, 0) is 4.74 Å². The average Bonchev–Trinajstić information content (AvgIpc) is 2.77. The van der Waals surface area contributed by atoms with Crippen LogP contribution in [0.5, 0.6) is 0 Å². The van der Waals surface area contributed by atoms with Gasteiger partial charge >= 0.3 is 6.09 Å². The van der Waals surface area contributed by atoms with Crippen molar-refractivity contribution >= 4 is 17.4 Å². The molecule has 1 saturated carbocycles. The van der Waals surface area contributed by atoms with Crippen molar-refractivity contribution in [2.75, 3.05) is 13.1 Å². The van der Waals surface area contributed by atoms with Crippen LogP contribution in [0.4, 0.5) is 4.79 Å². The molecule has 0 aromatic carbocycles. The first kappa shape index (κ1) is 16.7. The van der Waals surface area contributed by atoms with E-state index in [9.17, 15) is 4.79 Å². The predicted molar refractivity (Wildman–Crippen MR) is 91.7 cm³/mol. The number of nitrogens with one attached hydrogen (secondary N) is 1. The Hall–Kier alpha value is -1.14. The molecule has 2 heterocycles. The third-order valence-electron chi connectivity index (χ3n) is 4.64. The van der Waals surface area contributed by atoms with Gasteiger partial charge in [-0.1, -0.05) is 0 Å². The lowest BCUT2D eigenvalue weighted by molar-refractivity contribution is 0.0268. The number of piperidine rings is 1. The first-order valence-corrected chi connectivity index (χ1v) is 9.15. The van der Waals surface area contributed by atoms with Gasteiger partial charge in [0.1, 0.15) is 5.60 Å². The first-order chi connectivity index (χ1) is 10.7. The van der Waals surface area contributed by atoms with E-state index in [-0.39, 0.29) is 12.1 Å². The summed E-state index contributed by atoms with van der Waals surface area (Å²) in [4.78, 5) is 19.9. The molecule has 1 amide bonds. The second kappa shape index (κ2) is 5.74. The number of rotatable bonds is 3. The molecule has 23 heavy (non-hydrogen) atoms. The second-order valence-electron chi connectivity index (χ2n) is 7.80. The summed E-state index contributed by atoms with van der Waals surface area (Å²) < 4.78 is 5.45. The summed E-state index contributed by atoms with van der Waals surface area (Å²) >= 11 is 1.76. The minimum atomic E-state index is -0.421. The van der Waals surface area contributed by atoms with Crippen LogP contribution in [0.3, 0.4) is 0 Å². The number of ether oxygens (including phenoxy) is 1. The van der Waals surface area contributed by atoms with E-state index < -0.39 is 5.60 Å². The standard InChI is InChI=1S/C17H27N3O2S/c1-9(14-10(2)23-11(3)19-14)18-15-12-7-20(8-13(12)15)16(21)22-17(4,5)6/h9,12-13,15,18H,7-8H2,1-6H3. The van der Waals surface area contributed by atoms with Crippen molar-refractivity contribution in [1.82, 2.24) is 15.2 Å². The predicted octanol–water partition coefficient (Wildman–Crippen LogP) is 3.28. The van der Waals surface area contributed by atoms with Gasteiger partial charge in [-0.05, 0) is 53.4 Å². The van der Waals surface area contributed by atoms with Gasteiger partial charge in [0.25, 0.3) is 0 Å². The Labute approximate surface area is 142 Å². The number of aryl methyl sites for hydroxylation is 2. The molecule has 1 N–H and O–H groups in total. The summed E-state index contributed by atoms with van der Waals surface area (Å²) in [5.41, 5.74) is 0.747. The minimum Gasteiger partial charge on any atom is -0.444 e. The van der Waals surface area contributed by atoms with Crippen LogP contribution < -0.4 is 5.32 Å². The van der Waals surface area contributed by atoms with Crippen LogP contribution in [0, 0.1) is 25.7 Å². The van der Waals surface area contributed by atoms with Gasteiger partial charge in [-0.2, -0.15) is 0 Å². The van der Waals surface area contributed by atoms with Gasteiger partial charge < -0.3 is 15.0 Å². The van der Waals surface area contributed by atoms with Crippen LogP contribution in [0.1, 0.15) is 49.3 Å². The van der Waals surface area contributed by atoms with Crippen molar-refractivity contribution in [3.8, 4) is 0 Å². The molecule has 0 spiro atoms. The number of fused-ring (bicyclic) bond motifs is 1. The normalized spacial score (nSPS) is 27.7. The van der Waals surface area contributed by atoms with Crippen LogP contribution in [0.25, 0.3) is 0 Å². The molecule has 3 unspecified atom stereocenters. The zero-order valence-corrected chi connectivity index (χ0v) is 15.7. The monoisotopic (exact) mass is 337 g/mol. The lowest BCUT2D eigenvalue weighted by Crippen LogP contribution is -2.39. The fraction of sp³-hybridized carbons (Fsp3) is 0.765. The molecular formula is C17H27N3O2S. The SMILES string of the molecule is Cc1nc(C(C)NC2C3CN(C(=O)OC(C)(C)C)CC32)c(C)s1. The molecule has 1 saturated heterocycles. The largest absolute Gasteiger partial charge is 0.444 e. The maximum atomic E-state index is 12.1. The lowest BCUT2D eigenvalue weighted by atomic mass is 10.2. The molecular weight excluding hydrogens is 310 g/mol. The number of carbonyl (C=O) groups is 1. The topological polar surface area (TPSA) is 54.5 Å². The summed E-state index contributed by atoms with van der Waals surface area (Å²) in [6.45, 7) is 13.7. The molecule has 1 aliphatic heterocycles. The quantitative estimate of drug-likeness (QED) is 0.920. The van der Waals surface area contributed by atoms with Gasteiger partial charge in [-0.15, -0.1) is 11.3 Å². The van der Waals surface area contributed by atoms with Crippen molar-refractivity contribution in [1.29, 1.82) is 0 Å². The highest BCUT2D eigenvalue weighted by Gasteiger charge is 2.57.